The number of benzene rings is 1. The molecule has 4 heterocycles. The third-order valence-corrected chi connectivity index (χ3v) is 6.47. The molecule has 10 nitrogen and oxygen atoms in total. The quantitative estimate of drug-likeness (QED) is 0.383. The normalized spacial score (nSPS) is 15.3. The van der Waals surface area contributed by atoms with Crippen LogP contribution in [0.25, 0.3) is 16.8 Å². The average Bonchev–Trinajstić information content (AvgIpc) is 3.19. The maximum atomic E-state index is 15.1. The summed E-state index contributed by atoms with van der Waals surface area (Å²) in [4.78, 5) is 39.4. The van der Waals surface area contributed by atoms with Gasteiger partial charge in [-0.2, -0.15) is 0 Å². The van der Waals surface area contributed by atoms with Gasteiger partial charge in [-0.1, -0.05) is 0 Å². The molecule has 202 valence electrons. The molecule has 3 aromatic heterocycles. The second kappa shape index (κ2) is 9.38. The molecular weight excluding hydrogens is 512 g/mol. The Balaban J connectivity index is 1.61. The number of methoxy groups -OCH3 is 1. The summed E-state index contributed by atoms with van der Waals surface area (Å²) >= 11 is 0. The van der Waals surface area contributed by atoms with Crippen molar-refractivity contribution in [3.8, 4) is 16.9 Å². The van der Waals surface area contributed by atoms with Gasteiger partial charge in [0.2, 0.25) is 0 Å². The molecule has 1 aliphatic heterocycles. The van der Waals surface area contributed by atoms with Crippen molar-refractivity contribution in [3.05, 3.63) is 71.2 Å². The summed E-state index contributed by atoms with van der Waals surface area (Å²) in [6, 6.07) is 3.58. The largest absolute Gasteiger partial charge is 0.476 e. The van der Waals surface area contributed by atoms with Crippen LogP contribution in [-0.4, -0.2) is 49.5 Å². The number of halogens is 2. The molecule has 0 saturated carbocycles. The van der Waals surface area contributed by atoms with Gasteiger partial charge in [-0.05, 0) is 39.8 Å². The fourth-order valence-electron chi connectivity index (χ4n) is 4.43. The number of hydrogen-bond donors (Lipinski definition) is 1. The second-order valence-electron chi connectivity index (χ2n) is 9.74. The zero-order chi connectivity index (χ0) is 28.2. The van der Waals surface area contributed by atoms with Crippen molar-refractivity contribution in [1.82, 2.24) is 19.4 Å². The van der Waals surface area contributed by atoms with Gasteiger partial charge in [0.15, 0.2) is 23.5 Å². The minimum absolute atomic E-state index is 0.0609. The molecule has 4 aromatic rings. The number of pyridine rings is 1. The number of imidazole rings is 1. The Bertz CT molecular complexity index is 1630. The SMILES string of the molecule is COC(=O)c1cc(F)c2c(c1)N(Cc1c(C)nc3cc(F)c(-c4cnc(C(C)(C)O)nc4)cn13)C(=O)[C@@H](C)O2. The first-order chi connectivity index (χ1) is 18.4. The summed E-state index contributed by atoms with van der Waals surface area (Å²) in [6.07, 6.45) is 3.35. The molecule has 1 aliphatic rings. The summed E-state index contributed by atoms with van der Waals surface area (Å²) in [7, 11) is 1.17. The molecular formula is C27H25F2N5O5. The smallest absolute Gasteiger partial charge is 0.338 e. The van der Waals surface area contributed by atoms with Crippen molar-refractivity contribution < 1.29 is 33.0 Å². The molecule has 12 heteroatoms. The van der Waals surface area contributed by atoms with Gasteiger partial charge in [-0.15, -0.1) is 0 Å². The van der Waals surface area contributed by atoms with Crippen LogP contribution < -0.4 is 9.64 Å². The topological polar surface area (TPSA) is 119 Å². The van der Waals surface area contributed by atoms with E-state index < -0.39 is 35.2 Å². The number of amides is 1. The van der Waals surface area contributed by atoms with E-state index in [4.69, 9.17) is 9.47 Å². The van der Waals surface area contributed by atoms with Gasteiger partial charge in [-0.3, -0.25) is 9.69 Å². The molecule has 39 heavy (non-hydrogen) atoms. The van der Waals surface area contributed by atoms with E-state index in [0.29, 0.717) is 22.6 Å². The molecule has 0 fully saturated rings. The van der Waals surface area contributed by atoms with Crippen molar-refractivity contribution in [1.29, 1.82) is 0 Å². The van der Waals surface area contributed by atoms with Crippen molar-refractivity contribution in [3.63, 3.8) is 0 Å². The van der Waals surface area contributed by atoms with Crippen LogP contribution >= 0.6 is 0 Å². The number of esters is 1. The van der Waals surface area contributed by atoms with Crippen LogP contribution in [0.4, 0.5) is 14.5 Å². The lowest BCUT2D eigenvalue weighted by atomic mass is 10.1. The van der Waals surface area contributed by atoms with Crippen molar-refractivity contribution in [2.24, 2.45) is 0 Å². The lowest BCUT2D eigenvalue weighted by molar-refractivity contribution is -0.125. The number of nitrogens with zero attached hydrogens (tertiary/aromatic N) is 5. The van der Waals surface area contributed by atoms with E-state index >= 15 is 4.39 Å². The number of aliphatic hydroxyl groups is 1. The summed E-state index contributed by atoms with van der Waals surface area (Å²) in [6.45, 7) is 6.22. The molecule has 1 N–H and O–H groups in total. The average molecular weight is 538 g/mol. The van der Waals surface area contributed by atoms with E-state index in [1.165, 1.54) is 49.7 Å². The first-order valence-corrected chi connectivity index (χ1v) is 12.0. The van der Waals surface area contributed by atoms with Crippen molar-refractivity contribution >= 4 is 23.2 Å². The minimum Gasteiger partial charge on any atom is -0.476 e. The number of rotatable bonds is 5. The molecule has 0 aliphatic carbocycles. The molecule has 0 radical (unpaired) electrons. The van der Waals surface area contributed by atoms with Gasteiger partial charge in [-0.25, -0.2) is 28.5 Å². The molecule has 0 bridgehead atoms. The summed E-state index contributed by atoms with van der Waals surface area (Å²) < 4.78 is 41.9. The Hall–Kier alpha value is -4.45. The maximum absolute atomic E-state index is 15.1. The number of anilines is 1. The van der Waals surface area contributed by atoms with E-state index in [-0.39, 0.29) is 34.9 Å². The van der Waals surface area contributed by atoms with Gasteiger partial charge in [0.05, 0.1) is 36.3 Å². The Kier molecular flexibility index (Phi) is 6.30. The molecule has 0 saturated heterocycles. The van der Waals surface area contributed by atoms with Gasteiger partial charge in [0.1, 0.15) is 17.1 Å². The Morgan fingerprint density at radius 3 is 2.51 bits per heavy atom. The number of fused-ring (bicyclic) bond motifs is 2. The van der Waals surface area contributed by atoms with Crippen LogP contribution in [0.5, 0.6) is 5.75 Å². The maximum Gasteiger partial charge on any atom is 0.338 e. The Labute approximate surface area is 221 Å². The minimum atomic E-state index is -1.26. The van der Waals surface area contributed by atoms with E-state index in [1.807, 2.05) is 0 Å². The van der Waals surface area contributed by atoms with Gasteiger partial charge in [0, 0.05) is 35.8 Å². The number of aromatic nitrogens is 4. The molecule has 0 spiro atoms. The highest BCUT2D eigenvalue weighted by Crippen LogP contribution is 2.39. The highest BCUT2D eigenvalue weighted by molar-refractivity contribution is 6.01. The van der Waals surface area contributed by atoms with E-state index in [0.717, 1.165) is 6.07 Å². The summed E-state index contributed by atoms with van der Waals surface area (Å²) in [5.41, 5.74) is 0.581. The fourth-order valence-corrected chi connectivity index (χ4v) is 4.43. The zero-order valence-corrected chi connectivity index (χ0v) is 21.8. The first-order valence-electron chi connectivity index (χ1n) is 12.0. The summed E-state index contributed by atoms with van der Waals surface area (Å²) in [5, 5.41) is 10.1. The monoisotopic (exact) mass is 537 g/mol. The molecule has 0 unspecified atom stereocenters. The summed E-state index contributed by atoms with van der Waals surface area (Å²) in [5.74, 6) is -2.60. The van der Waals surface area contributed by atoms with E-state index in [1.54, 1.807) is 25.2 Å². The van der Waals surface area contributed by atoms with Crippen molar-refractivity contribution in [2.75, 3.05) is 12.0 Å². The number of hydrogen-bond acceptors (Lipinski definition) is 8. The lowest BCUT2D eigenvalue weighted by Crippen LogP contribution is -2.44. The Morgan fingerprint density at radius 1 is 1.18 bits per heavy atom. The predicted molar refractivity (Wildman–Crippen MR) is 135 cm³/mol. The number of ether oxygens (including phenoxy) is 2. The lowest BCUT2D eigenvalue weighted by Gasteiger charge is -2.33. The fraction of sp³-hybridized carbons (Fsp3) is 0.296. The third kappa shape index (κ3) is 4.56. The van der Waals surface area contributed by atoms with Crippen LogP contribution in [0.3, 0.4) is 0 Å². The van der Waals surface area contributed by atoms with E-state index in [9.17, 15) is 19.1 Å². The van der Waals surface area contributed by atoms with E-state index in [2.05, 4.69) is 15.0 Å². The number of aryl methyl sites for hydroxylation is 1. The number of carbonyl (C=O) groups is 2. The van der Waals surface area contributed by atoms with Gasteiger partial charge < -0.3 is 19.0 Å². The second-order valence-corrected chi connectivity index (χ2v) is 9.74. The third-order valence-electron chi connectivity index (χ3n) is 6.47. The van der Waals surface area contributed by atoms with Crippen LogP contribution in [-0.2, 0) is 21.7 Å². The predicted octanol–water partition coefficient (Wildman–Crippen LogP) is 3.71. The molecule has 1 aromatic carbocycles. The Morgan fingerprint density at radius 2 is 1.87 bits per heavy atom. The van der Waals surface area contributed by atoms with Gasteiger partial charge in [0.25, 0.3) is 5.91 Å². The highest BCUT2D eigenvalue weighted by Gasteiger charge is 2.35. The van der Waals surface area contributed by atoms with Crippen LogP contribution in [0.2, 0.25) is 0 Å². The molecule has 1 amide bonds. The first kappa shape index (κ1) is 26.2. The highest BCUT2D eigenvalue weighted by atomic mass is 19.1. The molecule has 5 rings (SSSR count). The van der Waals surface area contributed by atoms with Crippen LogP contribution in [0.15, 0.2) is 36.8 Å². The van der Waals surface area contributed by atoms with Gasteiger partial charge >= 0.3 is 5.97 Å². The number of carbonyl (C=O) groups excluding carboxylic acids is 2. The standard InChI is InChI=1S/C27H25F2N5O5/c1-13-21(12-34-20-7-15(25(36)38-5)6-19(29)23(20)39-14(2)24(34)35)33-11-17(18(28)8-22(33)32-13)16-9-30-26(31-10-16)27(3,4)37/h6-11,14,37H,12H2,1-5H3/t14-/m1/s1. The van der Waals surface area contributed by atoms with Crippen molar-refractivity contribution in [2.45, 2.75) is 45.9 Å². The van der Waals surface area contributed by atoms with Crippen LogP contribution in [0.1, 0.15) is 48.3 Å². The zero-order valence-electron chi connectivity index (χ0n) is 21.8. The molecule has 1 atom stereocenters. The van der Waals surface area contributed by atoms with Crippen LogP contribution in [0, 0.1) is 18.6 Å².